The first-order valence-corrected chi connectivity index (χ1v) is 7.67. The highest BCUT2D eigenvalue weighted by Crippen LogP contribution is 2.25. The van der Waals surface area contributed by atoms with Crippen LogP contribution in [0, 0.1) is 5.82 Å². The zero-order chi connectivity index (χ0) is 13.1. The quantitative estimate of drug-likeness (QED) is 0.773. The molecule has 1 saturated carbocycles. The van der Waals surface area contributed by atoms with E-state index < -0.39 is 5.82 Å². The van der Waals surface area contributed by atoms with Gasteiger partial charge in [-0.25, -0.2) is 4.39 Å². The summed E-state index contributed by atoms with van der Waals surface area (Å²) in [7, 11) is 0. The fourth-order valence-corrected chi connectivity index (χ4v) is 3.09. The van der Waals surface area contributed by atoms with Crippen LogP contribution in [0.15, 0.2) is 22.7 Å². The number of benzene rings is 1. The van der Waals surface area contributed by atoms with Gasteiger partial charge in [-0.15, -0.1) is 0 Å². The van der Waals surface area contributed by atoms with Gasteiger partial charge in [0.1, 0.15) is 5.82 Å². The summed E-state index contributed by atoms with van der Waals surface area (Å²) >= 11 is 6.85. The second-order valence-electron chi connectivity index (χ2n) is 4.55. The van der Waals surface area contributed by atoms with Gasteiger partial charge in [0.25, 0.3) is 5.91 Å². The number of rotatable bonds is 2. The highest BCUT2D eigenvalue weighted by molar-refractivity contribution is 9.10. The third-order valence-corrected chi connectivity index (χ3v) is 4.77. The van der Waals surface area contributed by atoms with Crippen molar-refractivity contribution in [3.05, 3.63) is 34.1 Å². The van der Waals surface area contributed by atoms with Crippen LogP contribution >= 0.6 is 31.9 Å². The molecule has 1 aromatic rings. The smallest absolute Gasteiger partial charge is 0.252 e. The lowest BCUT2D eigenvalue weighted by atomic mass is 9.95. The van der Waals surface area contributed by atoms with Crippen LogP contribution in [-0.2, 0) is 0 Å². The number of halogens is 3. The molecule has 2 rings (SSSR count). The van der Waals surface area contributed by atoms with Crippen LogP contribution in [0.25, 0.3) is 0 Å². The first-order chi connectivity index (χ1) is 8.56. The van der Waals surface area contributed by atoms with Gasteiger partial charge in [0.15, 0.2) is 0 Å². The molecular formula is C13H14Br2FNO. The molecule has 98 valence electrons. The van der Waals surface area contributed by atoms with E-state index in [4.69, 9.17) is 0 Å². The maximum Gasteiger partial charge on any atom is 0.252 e. The van der Waals surface area contributed by atoms with Gasteiger partial charge in [-0.1, -0.05) is 15.9 Å². The van der Waals surface area contributed by atoms with Gasteiger partial charge >= 0.3 is 0 Å². The maximum atomic E-state index is 13.1. The fraction of sp³-hybridized carbons (Fsp3) is 0.462. The summed E-state index contributed by atoms with van der Waals surface area (Å²) < 4.78 is 13.8. The van der Waals surface area contributed by atoms with Crippen molar-refractivity contribution < 1.29 is 9.18 Å². The van der Waals surface area contributed by atoms with Gasteiger partial charge in [-0.3, -0.25) is 4.79 Å². The predicted octanol–water partition coefficient (Wildman–Crippen LogP) is 4.02. The average Bonchev–Trinajstić information content (AvgIpc) is 2.35. The van der Waals surface area contributed by atoms with Crippen LogP contribution < -0.4 is 5.32 Å². The number of amides is 1. The molecule has 1 N–H and O–H groups in total. The molecule has 0 saturated heterocycles. The standard InChI is InChI=1S/C13H14Br2FNO/c14-8-1-4-10(5-2-8)17-13(18)11-7-9(16)3-6-12(11)15/h3,6-8,10H,1-2,4-5H2,(H,17,18). The molecule has 1 amide bonds. The molecular weight excluding hydrogens is 365 g/mol. The Kier molecular flexibility index (Phi) is 4.78. The normalized spacial score (nSPS) is 23.7. The summed E-state index contributed by atoms with van der Waals surface area (Å²) in [6, 6.07) is 4.34. The Hall–Kier alpha value is -0.420. The second-order valence-corrected chi connectivity index (χ2v) is 6.70. The molecule has 0 atom stereocenters. The van der Waals surface area contributed by atoms with E-state index in [0.717, 1.165) is 25.7 Å². The summed E-state index contributed by atoms with van der Waals surface area (Å²) in [5.74, 6) is -0.605. The summed E-state index contributed by atoms with van der Waals surface area (Å²) in [6.45, 7) is 0. The molecule has 0 unspecified atom stereocenters. The highest BCUT2D eigenvalue weighted by atomic mass is 79.9. The van der Waals surface area contributed by atoms with E-state index in [2.05, 4.69) is 37.2 Å². The molecule has 1 aliphatic rings. The summed E-state index contributed by atoms with van der Waals surface area (Å²) in [5, 5.41) is 2.97. The molecule has 1 fully saturated rings. The van der Waals surface area contributed by atoms with Crippen molar-refractivity contribution in [2.24, 2.45) is 0 Å². The topological polar surface area (TPSA) is 29.1 Å². The van der Waals surface area contributed by atoms with Crippen molar-refractivity contribution in [3.63, 3.8) is 0 Å². The predicted molar refractivity (Wildman–Crippen MR) is 76.5 cm³/mol. The molecule has 0 spiro atoms. The molecule has 1 aliphatic carbocycles. The minimum absolute atomic E-state index is 0.196. The monoisotopic (exact) mass is 377 g/mol. The minimum atomic E-state index is -0.396. The SMILES string of the molecule is O=C(NC1CCC(Br)CC1)c1cc(F)ccc1Br. The van der Waals surface area contributed by atoms with E-state index >= 15 is 0 Å². The van der Waals surface area contributed by atoms with E-state index in [1.54, 1.807) is 6.07 Å². The van der Waals surface area contributed by atoms with Crippen LogP contribution in [0.4, 0.5) is 4.39 Å². The van der Waals surface area contributed by atoms with E-state index in [-0.39, 0.29) is 11.9 Å². The van der Waals surface area contributed by atoms with Gasteiger partial charge in [0.2, 0.25) is 0 Å². The van der Waals surface area contributed by atoms with Gasteiger partial charge in [-0.2, -0.15) is 0 Å². The number of hydrogen-bond donors (Lipinski definition) is 1. The number of hydrogen-bond acceptors (Lipinski definition) is 1. The molecule has 0 heterocycles. The maximum absolute atomic E-state index is 13.1. The van der Waals surface area contributed by atoms with E-state index in [0.29, 0.717) is 14.9 Å². The Bertz CT molecular complexity index is 445. The third-order valence-electron chi connectivity index (χ3n) is 3.16. The van der Waals surface area contributed by atoms with Gasteiger partial charge in [0, 0.05) is 15.3 Å². The van der Waals surface area contributed by atoms with Gasteiger partial charge in [0.05, 0.1) is 5.56 Å². The van der Waals surface area contributed by atoms with Crippen LogP contribution in [0.3, 0.4) is 0 Å². The van der Waals surface area contributed by atoms with Crippen LogP contribution in [-0.4, -0.2) is 16.8 Å². The zero-order valence-corrected chi connectivity index (χ0v) is 12.9. The van der Waals surface area contributed by atoms with Crippen molar-refractivity contribution in [2.45, 2.75) is 36.6 Å². The molecule has 0 aliphatic heterocycles. The minimum Gasteiger partial charge on any atom is -0.349 e. The largest absolute Gasteiger partial charge is 0.349 e. The summed E-state index contributed by atoms with van der Waals surface area (Å²) in [4.78, 5) is 12.6. The van der Waals surface area contributed by atoms with Crippen LogP contribution in [0.2, 0.25) is 0 Å². The van der Waals surface area contributed by atoms with Crippen molar-refractivity contribution in [1.82, 2.24) is 5.32 Å². The molecule has 0 radical (unpaired) electrons. The lowest BCUT2D eigenvalue weighted by molar-refractivity contribution is 0.0927. The molecule has 0 bridgehead atoms. The summed E-state index contributed by atoms with van der Waals surface area (Å²) in [6.07, 6.45) is 4.06. The van der Waals surface area contributed by atoms with Crippen molar-refractivity contribution in [1.29, 1.82) is 0 Å². The third kappa shape index (κ3) is 3.54. The van der Waals surface area contributed by atoms with E-state index in [9.17, 15) is 9.18 Å². The van der Waals surface area contributed by atoms with E-state index in [1.165, 1.54) is 12.1 Å². The van der Waals surface area contributed by atoms with Gasteiger partial charge in [-0.05, 0) is 59.8 Å². The lowest BCUT2D eigenvalue weighted by Gasteiger charge is -2.26. The molecule has 18 heavy (non-hydrogen) atoms. The first-order valence-electron chi connectivity index (χ1n) is 5.96. The Labute approximate surface area is 123 Å². The summed E-state index contributed by atoms with van der Waals surface area (Å²) in [5.41, 5.74) is 0.357. The van der Waals surface area contributed by atoms with Crippen molar-refractivity contribution >= 4 is 37.8 Å². The first kappa shape index (κ1) is 14.0. The van der Waals surface area contributed by atoms with Crippen LogP contribution in [0.5, 0.6) is 0 Å². The zero-order valence-electron chi connectivity index (χ0n) is 9.76. The Morgan fingerprint density at radius 3 is 2.61 bits per heavy atom. The number of carbonyl (C=O) groups excluding carboxylic acids is 1. The van der Waals surface area contributed by atoms with Crippen molar-refractivity contribution in [2.75, 3.05) is 0 Å². The lowest BCUT2D eigenvalue weighted by Crippen LogP contribution is -2.37. The number of nitrogens with one attached hydrogen (secondary N) is 1. The van der Waals surface area contributed by atoms with Gasteiger partial charge < -0.3 is 5.32 Å². The Morgan fingerprint density at radius 2 is 1.94 bits per heavy atom. The number of alkyl halides is 1. The molecule has 2 nitrogen and oxygen atoms in total. The molecule has 0 aromatic heterocycles. The van der Waals surface area contributed by atoms with Crippen molar-refractivity contribution in [3.8, 4) is 0 Å². The van der Waals surface area contributed by atoms with Crippen LogP contribution in [0.1, 0.15) is 36.0 Å². The van der Waals surface area contributed by atoms with E-state index in [1.807, 2.05) is 0 Å². The second kappa shape index (κ2) is 6.15. The highest BCUT2D eigenvalue weighted by Gasteiger charge is 2.22. The number of carbonyl (C=O) groups is 1. The Morgan fingerprint density at radius 1 is 1.28 bits per heavy atom. The Balaban J connectivity index is 2.01. The average molecular weight is 379 g/mol. The fourth-order valence-electron chi connectivity index (χ4n) is 2.13. The molecule has 5 heteroatoms. The molecule has 1 aromatic carbocycles.